The maximum Gasteiger partial charge on any atom is 0.262 e. The summed E-state index contributed by atoms with van der Waals surface area (Å²) in [5.74, 6) is 0.378. The van der Waals surface area contributed by atoms with Crippen LogP contribution in [-0.4, -0.2) is 37.3 Å². The van der Waals surface area contributed by atoms with Gasteiger partial charge in [-0.1, -0.05) is 28.9 Å². The van der Waals surface area contributed by atoms with Gasteiger partial charge in [0.2, 0.25) is 5.89 Å². The molecule has 2 N–H and O–H groups in total. The fourth-order valence-corrected chi connectivity index (χ4v) is 4.78. The number of carbonyl (C=O) groups is 1. The number of amides is 1. The number of nitrogens with one attached hydrogen (secondary N) is 1. The maximum absolute atomic E-state index is 13.0. The smallest absolute Gasteiger partial charge is 0.262 e. The molecule has 158 valence electrons. The first-order valence-corrected chi connectivity index (χ1v) is 10.7. The van der Waals surface area contributed by atoms with E-state index in [4.69, 9.17) is 16.1 Å². The summed E-state index contributed by atoms with van der Waals surface area (Å²) < 4.78 is 6.64. The predicted octanol–water partition coefficient (Wildman–Crippen LogP) is 2.10. The van der Waals surface area contributed by atoms with Crippen LogP contribution in [0.5, 0.6) is 0 Å². The van der Waals surface area contributed by atoms with Gasteiger partial charge in [-0.2, -0.15) is 4.98 Å². The van der Waals surface area contributed by atoms with Crippen molar-refractivity contribution in [3.05, 3.63) is 73.7 Å². The van der Waals surface area contributed by atoms with Crippen LogP contribution in [0.2, 0.25) is 5.02 Å². The number of halogens is 1. The Hall–Kier alpha value is -3.08. The molecule has 1 amide bonds. The molecule has 1 aliphatic heterocycles. The van der Waals surface area contributed by atoms with Gasteiger partial charge in [0.05, 0.1) is 22.7 Å². The lowest BCUT2D eigenvalue weighted by atomic mass is 10.1. The number of benzene rings is 1. The Morgan fingerprint density at radius 1 is 1.29 bits per heavy atom. The molecule has 4 aromatic rings. The number of carbonyl (C=O) groups excluding carboxylic acids is 1. The van der Waals surface area contributed by atoms with Crippen LogP contribution < -0.4 is 10.9 Å². The standard InChI is InChI=1S/C20H16ClN5O4S/c21-11-3-1-10(2-4-11)13(27)7-14-24-15(30-25-14)8-26-9-23-19-16(20(26)29)12-5-6-22-18(28)17(12)31-19/h1-4,9,13,27H,5-8H2,(H,22,28)/t13-/m0/s1. The molecule has 0 unspecified atom stereocenters. The fourth-order valence-electron chi connectivity index (χ4n) is 3.56. The number of aromatic nitrogens is 4. The van der Waals surface area contributed by atoms with Crippen molar-refractivity contribution in [1.82, 2.24) is 25.0 Å². The van der Waals surface area contributed by atoms with Crippen molar-refractivity contribution < 1.29 is 14.4 Å². The van der Waals surface area contributed by atoms with E-state index < -0.39 is 6.10 Å². The predicted molar refractivity (Wildman–Crippen MR) is 113 cm³/mol. The second-order valence-electron chi connectivity index (χ2n) is 7.15. The van der Waals surface area contributed by atoms with E-state index >= 15 is 0 Å². The number of rotatable bonds is 5. The van der Waals surface area contributed by atoms with E-state index in [9.17, 15) is 14.7 Å². The molecule has 0 spiro atoms. The van der Waals surface area contributed by atoms with E-state index in [0.29, 0.717) is 44.5 Å². The van der Waals surface area contributed by atoms with Gasteiger partial charge in [0, 0.05) is 18.0 Å². The summed E-state index contributed by atoms with van der Waals surface area (Å²) in [5, 5.41) is 18.1. The Morgan fingerprint density at radius 3 is 2.90 bits per heavy atom. The summed E-state index contributed by atoms with van der Waals surface area (Å²) in [6.07, 6.45) is 1.35. The first-order chi connectivity index (χ1) is 15.0. The molecule has 4 heterocycles. The van der Waals surface area contributed by atoms with Crippen LogP contribution in [0, 0.1) is 0 Å². The zero-order chi connectivity index (χ0) is 21.5. The highest BCUT2D eigenvalue weighted by Crippen LogP contribution is 2.29. The highest BCUT2D eigenvalue weighted by Gasteiger charge is 2.25. The summed E-state index contributed by atoms with van der Waals surface area (Å²) in [6.45, 7) is 0.539. The molecule has 0 aliphatic carbocycles. The first-order valence-electron chi connectivity index (χ1n) is 9.53. The van der Waals surface area contributed by atoms with Gasteiger partial charge in [-0.15, -0.1) is 11.3 Å². The Labute approximate surface area is 184 Å². The Kier molecular flexibility index (Phi) is 5.05. The molecule has 0 fully saturated rings. The van der Waals surface area contributed by atoms with Crippen LogP contribution in [0.1, 0.15) is 38.6 Å². The van der Waals surface area contributed by atoms with Crippen molar-refractivity contribution in [2.75, 3.05) is 6.54 Å². The molecule has 11 heteroatoms. The van der Waals surface area contributed by atoms with Crippen LogP contribution in [0.3, 0.4) is 0 Å². The van der Waals surface area contributed by atoms with Crippen molar-refractivity contribution >= 4 is 39.1 Å². The molecule has 31 heavy (non-hydrogen) atoms. The van der Waals surface area contributed by atoms with E-state index in [1.165, 1.54) is 22.2 Å². The van der Waals surface area contributed by atoms with Crippen molar-refractivity contribution in [3.8, 4) is 0 Å². The number of aliphatic hydroxyl groups is 1. The third-order valence-electron chi connectivity index (χ3n) is 5.09. The number of aliphatic hydroxyl groups excluding tert-OH is 1. The summed E-state index contributed by atoms with van der Waals surface area (Å²) in [6, 6.07) is 6.86. The average molecular weight is 458 g/mol. The van der Waals surface area contributed by atoms with Crippen molar-refractivity contribution in [3.63, 3.8) is 0 Å². The highest BCUT2D eigenvalue weighted by atomic mass is 35.5. The molecule has 5 rings (SSSR count). The second kappa shape index (κ2) is 7.88. The van der Waals surface area contributed by atoms with Gasteiger partial charge in [-0.3, -0.25) is 14.2 Å². The molecule has 0 saturated carbocycles. The van der Waals surface area contributed by atoms with E-state index in [1.807, 2.05) is 0 Å². The third-order valence-corrected chi connectivity index (χ3v) is 6.48. The highest BCUT2D eigenvalue weighted by molar-refractivity contribution is 7.20. The van der Waals surface area contributed by atoms with E-state index in [-0.39, 0.29) is 30.3 Å². The van der Waals surface area contributed by atoms with Gasteiger partial charge in [0.1, 0.15) is 11.4 Å². The van der Waals surface area contributed by atoms with Crippen LogP contribution >= 0.6 is 22.9 Å². The topological polar surface area (TPSA) is 123 Å². The largest absolute Gasteiger partial charge is 0.388 e. The van der Waals surface area contributed by atoms with Gasteiger partial charge in [0.25, 0.3) is 11.5 Å². The molecular formula is C20H16ClN5O4S. The zero-order valence-corrected chi connectivity index (χ0v) is 17.6. The van der Waals surface area contributed by atoms with Crippen LogP contribution in [0.4, 0.5) is 0 Å². The van der Waals surface area contributed by atoms with E-state index in [1.54, 1.807) is 24.3 Å². The molecule has 1 aliphatic rings. The minimum Gasteiger partial charge on any atom is -0.388 e. The first kappa shape index (κ1) is 19.9. The lowest BCUT2D eigenvalue weighted by Crippen LogP contribution is -2.31. The minimum absolute atomic E-state index is 0.0443. The summed E-state index contributed by atoms with van der Waals surface area (Å²) >= 11 is 7.09. The van der Waals surface area contributed by atoms with Crippen molar-refractivity contribution in [2.24, 2.45) is 0 Å². The molecule has 0 saturated heterocycles. The van der Waals surface area contributed by atoms with Crippen LogP contribution in [0.15, 0.2) is 39.9 Å². The molecule has 0 bridgehead atoms. The number of nitrogens with zero attached hydrogens (tertiary/aromatic N) is 4. The van der Waals surface area contributed by atoms with Crippen molar-refractivity contribution in [2.45, 2.75) is 25.5 Å². The van der Waals surface area contributed by atoms with Gasteiger partial charge in [-0.05, 0) is 29.7 Å². The lowest BCUT2D eigenvalue weighted by molar-refractivity contribution is 0.0950. The monoisotopic (exact) mass is 457 g/mol. The number of hydrogen-bond donors (Lipinski definition) is 2. The zero-order valence-electron chi connectivity index (χ0n) is 16.0. The lowest BCUT2D eigenvalue weighted by Gasteiger charge is -2.11. The fraction of sp³-hybridized carbons (Fsp3) is 0.250. The number of fused-ring (bicyclic) bond motifs is 3. The van der Waals surface area contributed by atoms with E-state index in [2.05, 4.69) is 20.4 Å². The molecule has 0 radical (unpaired) electrons. The average Bonchev–Trinajstić information content (AvgIpc) is 3.36. The second-order valence-corrected chi connectivity index (χ2v) is 8.58. The molecule has 1 atom stereocenters. The third kappa shape index (κ3) is 3.73. The Bertz CT molecular complexity index is 1340. The molecule has 9 nitrogen and oxygen atoms in total. The molecule has 1 aromatic carbocycles. The van der Waals surface area contributed by atoms with Gasteiger partial charge >= 0.3 is 0 Å². The quantitative estimate of drug-likeness (QED) is 0.470. The number of hydrogen-bond acceptors (Lipinski definition) is 8. The minimum atomic E-state index is -0.813. The number of thiophene rings is 1. The van der Waals surface area contributed by atoms with Crippen LogP contribution in [-0.2, 0) is 19.4 Å². The van der Waals surface area contributed by atoms with Crippen molar-refractivity contribution in [1.29, 1.82) is 0 Å². The summed E-state index contributed by atoms with van der Waals surface area (Å²) in [7, 11) is 0. The van der Waals surface area contributed by atoms with Crippen LogP contribution in [0.25, 0.3) is 10.2 Å². The normalized spacial score (nSPS) is 14.5. The Balaban J connectivity index is 1.38. The maximum atomic E-state index is 13.0. The Morgan fingerprint density at radius 2 is 2.10 bits per heavy atom. The molecule has 3 aromatic heterocycles. The van der Waals surface area contributed by atoms with Gasteiger partial charge in [-0.25, -0.2) is 4.98 Å². The summed E-state index contributed by atoms with van der Waals surface area (Å²) in [4.78, 5) is 34.8. The van der Waals surface area contributed by atoms with E-state index in [0.717, 1.165) is 5.56 Å². The molecular weight excluding hydrogens is 442 g/mol. The SMILES string of the molecule is O=C1NCCc2c1sc1ncn(Cc3nc(C[C@H](O)c4ccc(Cl)cc4)no3)c(=O)c21. The summed E-state index contributed by atoms with van der Waals surface area (Å²) in [5.41, 5.74) is 1.18. The van der Waals surface area contributed by atoms with Gasteiger partial charge in [0.15, 0.2) is 5.82 Å². The van der Waals surface area contributed by atoms with Gasteiger partial charge < -0.3 is 14.9 Å².